The summed E-state index contributed by atoms with van der Waals surface area (Å²) in [6.07, 6.45) is 0. The molecule has 2 aromatic heterocycles. The van der Waals surface area contributed by atoms with Crippen LogP contribution in [0.4, 0.5) is 0 Å². The highest BCUT2D eigenvalue weighted by atomic mass is 32.1. The summed E-state index contributed by atoms with van der Waals surface area (Å²) in [5.41, 5.74) is 2.92. The largest absolute Gasteiger partial charge is 0.348 e. The molecule has 5 nitrogen and oxygen atoms in total. The van der Waals surface area contributed by atoms with Gasteiger partial charge < -0.3 is 5.32 Å². The summed E-state index contributed by atoms with van der Waals surface area (Å²) in [6, 6.07) is 0.112. The lowest BCUT2D eigenvalue weighted by Gasteiger charge is -2.07. The van der Waals surface area contributed by atoms with Gasteiger partial charge in [0.05, 0.1) is 5.69 Å². The Bertz CT molecular complexity index is 499. The van der Waals surface area contributed by atoms with E-state index in [0.29, 0.717) is 11.4 Å². The molecule has 1 N–H and O–H groups in total. The van der Waals surface area contributed by atoms with Gasteiger partial charge in [-0.05, 0) is 20.8 Å². The zero-order valence-corrected chi connectivity index (χ0v) is 9.63. The van der Waals surface area contributed by atoms with Crippen LogP contribution in [0.1, 0.15) is 30.0 Å². The SMILES string of the molecule is Cc1nc2scnn2c1C(=O)NC(C)C. The van der Waals surface area contributed by atoms with E-state index in [1.165, 1.54) is 11.3 Å². The first kappa shape index (κ1) is 10.1. The molecule has 0 unspecified atom stereocenters. The van der Waals surface area contributed by atoms with Crippen LogP contribution in [0.2, 0.25) is 0 Å². The predicted octanol–water partition coefficient (Wildman–Crippen LogP) is 1.24. The fourth-order valence-corrected chi connectivity index (χ4v) is 2.05. The smallest absolute Gasteiger partial charge is 0.272 e. The molecule has 0 aliphatic carbocycles. The van der Waals surface area contributed by atoms with E-state index in [1.54, 1.807) is 10.0 Å². The third-order valence-electron chi connectivity index (χ3n) is 1.95. The summed E-state index contributed by atoms with van der Waals surface area (Å²) in [5, 5.41) is 6.91. The topological polar surface area (TPSA) is 59.3 Å². The number of fused-ring (bicyclic) bond motifs is 1. The summed E-state index contributed by atoms with van der Waals surface area (Å²) in [6.45, 7) is 5.66. The molecule has 2 aromatic rings. The molecule has 0 spiro atoms. The van der Waals surface area contributed by atoms with Gasteiger partial charge in [0.25, 0.3) is 5.91 Å². The minimum atomic E-state index is -0.124. The van der Waals surface area contributed by atoms with Gasteiger partial charge in [-0.1, -0.05) is 11.3 Å². The Morgan fingerprint density at radius 1 is 1.60 bits per heavy atom. The molecule has 2 rings (SSSR count). The number of rotatable bonds is 2. The lowest BCUT2D eigenvalue weighted by molar-refractivity contribution is 0.0935. The molecule has 0 aliphatic rings. The van der Waals surface area contributed by atoms with Crippen LogP contribution in [-0.4, -0.2) is 26.5 Å². The third kappa shape index (κ3) is 1.72. The average Bonchev–Trinajstić information content (AvgIpc) is 2.60. The summed E-state index contributed by atoms with van der Waals surface area (Å²) in [4.78, 5) is 16.9. The first-order valence-electron chi connectivity index (χ1n) is 4.69. The number of hydrogen-bond donors (Lipinski definition) is 1. The monoisotopic (exact) mass is 224 g/mol. The van der Waals surface area contributed by atoms with E-state index in [4.69, 9.17) is 0 Å². The predicted molar refractivity (Wildman–Crippen MR) is 58.2 cm³/mol. The van der Waals surface area contributed by atoms with E-state index in [-0.39, 0.29) is 11.9 Å². The Hall–Kier alpha value is -1.43. The van der Waals surface area contributed by atoms with Gasteiger partial charge in [0.1, 0.15) is 5.51 Å². The Balaban J connectivity index is 2.45. The Morgan fingerprint density at radius 3 is 3.00 bits per heavy atom. The van der Waals surface area contributed by atoms with Gasteiger partial charge in [0, 0.05) is 6.04 Å². The second-order valence-electron chi connectivity index (χ2n) is 3.61. The maximum atomic E-state index is 11.8. The Kier molecular flexibility index (Phi) is 2.44. The van der Waals surface area contributed by atoms with Crippen molar-refractivity contribution in [1.29, 1.82) is 0 Å². The second kappa shape index (κ2) is 3.62. The molecule has 0 saturated heterocycles. The fourth-order valence-electron chi connectivity index (χ4n) is 1.38. The highest BCUT2D eigenvalue weighted by molar-refractivity contribution is 7.14. The molecule has 15 heavy (non-hydrogen) atoms. The number of carbonyl (C=O) groups excluding carboxylic acids is 1. The third-order valence-corrected chi connectivity index (χ3v) is 2.63. The molecule has 0 bridgehead atoms. The maximum absolute atomic E-state index is 11.8. The zero-order valence-electron chi connectivity index (χ0n) is 8.81. The van der Waals surface area contributed by atoms with Crippen molar-refractivity contribution in [1.82, 2.24) is 19.9 Å². The summed E-state index contributed by atoms with van der Waals surface area (Å²) < 4.78 is 1.58. The van der Waals surface area contributed by atoms with Gasteiger partial charge >= 0.3 is 0 Å². The van der Waals surface area contributed by atoms with Gasteiger partial charge in [0.2, 0.25) is 4.96 Å². The highest BCUT2D eigenvalue weighted by Crippen LogP contribution is 2.14. The molecule has 0 aromatic carbocycles. The molecule has 2 heterocycles. The van der Waals surface area contributed by atoms with E-state index >= 15 is 0 Å². The molecular weight excluding hydrogens is 212 g/mol. The Morgan fingerprint density at radius 2 is 2.33 bits per heavy atom. The fraction of sp³-hybridized carbons (Fsp3) is 0.444. The van der Waals surface area contributed by atoms with Crippen LogP contribution in [0.25, 0.3) is 4.96 Å². The second-order valence-corrected chi connectivity index (χ2v) is 4.42. The van der Waals surface area contributed by atoms with Crippen molar-refractivity contribution in [3.05, 3.63) is 16.9 Å². The van der Waals surface area contributed by atoms with Gasteiger partial charge in [-0.3, -0.25) is 4.79 Å². The number of hydrogen-bond acceptors (Lipinski definition) is 4. The van der Waals surface area contributed by atoms with Crippen molar-refractivity contribution in [3.8, 4) is 0 Å². The molecule has 0 saturated carbocycles. The van der Waals surface area contributed by atoms with Crippen LogP contribution in [0, 0.1) is 6.92 Å². The molecule has 0 atom stereocenters. The van der Waals surface area contributed by atoms with E-state index in [9.17, 15) is 4.79 Å². The van der Waals surface area contributed by atoms with Crippen molar-refractivity contribution in [2.75, 3.05) is 0 Å². The van der Waals surface area contributed by atoms with Crippen LogP contribution in [0.3, 0.4) is 0 Å². The van der Waals surface area contributed by atoms with E-state index in [0.717, 1.165) is 4.96 Å². The molecule has 1 amide bonds. The standard InChI is InChI=1S/C9H12N4OS/c1-5(2)11-8(14)7-6(3)12-9-13(7)10-4-15-9/h4-5H,1-3H3,(H,11,14). The number of imidazole rings is 1. The summed E-state index contributed by atoms with van der Waals surface area (Å²) in [5.74, 6) is -0.124. The molecule has 6 heteroatoms. The maximum Gasteiger partial charge on any atom is 0.272 e. The summed E-state index contributed by atoms with van der Waals surface area (Å²) >= 11 is 1.42. The number of nitrogens with zero attached hydrogens (tertiary/aromatic N) is 3. The minimum absolute atomic E-state index is 0.112. The molecular formula is C9H12N4OS. The van der Waals surface area contributed by atoms with Crippen LogP contribution >= 0.6 is 11.3 Å². The van der Waals surface area contributed by atoms with Crippen molar-refractivity contribution in [2.45, 2.75) is 26.8 Å². The molecule has 0 aliphatic heterocycles. The van der Waals surface area contributed by atoms with Crippen molar-refractivity contribution >= 4 is 22.2 Å². The molecule has 80 valence electrons. The van der Waals surface area contributed by atoms with E-state index < -0.39 is 0 Å². The zero-order chi connectivity index (χ0) is 11.0. The number of nitrogens with one attached hydrogen (secondary N) is 1. The lowest BCUT2D eigenvalue weighted by Crippen LogP contribution is -2.31. The lowest BCUT2D eigenvalue weighted by atomic mass is 10.3. The van der Waals surface area contributed by atoms with Crippen LogP contribution < -0.4 is 5.32 Å². The Labute approximate surface area is 91.1 Å². The molecule has 0 fully saturated rings. The molecule has 0 radical (unpaired) electrons. The van der Waals surface area contributed by atoms with Gasteiger partial charge in [-0.2, -0.15) is 9.61 Å². The van der Waals surface area contributed by atoms with E-state index in [2.05, 4.69) is 15.4 Å². The number of amides is 1. The van der Waals surface area contributed by atoms with Crippen molar-refractivity contribution in [2.24, 2.45) is 0 Å². The van der Waals surface area contributed by atoms with Gasteiger partial charge in [0.15, 0.2) is 5.69 Å². The number of aromatic nitrogens is 3. The first-order chi connectivity index (χ1) is 7.09. The van der Waals surface area contributed by atoms with Gasteiger partial charge in [-0.15, -0.1) is 0 Å². The summed E-state index contributed by atoms with van der Waals surface area (Å²) in [7, 11) is 0. The average molecular weight is 224 g/mol. The van der Waals surface area contributed by atoms with Crippen LogP contribution in [-0.2, 0) is 0 Å². The van der Waals surface area contributed by atoms with Crippen LogP contribution in [0.5, 0.6) is 0 Å². The van der Waals surface area contributed by atoms with Crippen molar-refractivity contribution in [3.63, 3.8) is 0 Å². The normalized spacial score (nSPS) is 11.2. The van der Waals surface area contributed by atoms with Crippen molar-refractivity contribution < 1.29 is 4.79 Å². The first-order valence-corrected chi connectivity index (χ1v) is 5.57. The number of aryl methyl sites for hydroxylation is 1. The minimum Gasteiger partial charge on any atom is -0.348 e. The van der Waals surface area contributed by atoms with Gasteiger partial charge in [-0.25, -0.2) is 4.98 Å². The highest BCUT2D eigenvalue weighted by Gasteiger charge is 2.18. The quantitative estimate of drug-likeness (QED) is 0.834. The van der Waals surface area contributed by atoms with Crippen LogP contribution in [0.15, 0.2) is 5.51 Å². The van der Waals surface area contributed by atoms with E-state index in [1.807, 2.05) is 20.8 Å². The number of carbonyl (C=O) groups is 1.